The summed E-state index contributed by atoms with van der Waals surface area (Å²) < 4.78 is 0. The van der Waals surface area contributed by atoms with Crippen molar-refractivity contribution in [2.45, 2.75) is 52.1 Å². The lowest BCUT2D eigenvalue weighted by molar-refractivity contribution is -0.126. The molecule has 4 N–H and O–H groups in total. The monoisotopic (exact) mass is 650 g/mol. The number of nitroso groups, excluding NO2 is 1. The van der Waals surface area contributed by atoms with Crippen LogP contribution >= 0.6 is 0 Å². The standard InChI is InChI=1S/C38H42N4O6/c1-5-15-42(16-6-2)19-20-11-12-24(23-10-8-7-9-22(20)23)25-13-14-28(43)30-26(25)17-21-18-27-31(33(40-48)29(21)35(30)44)36(45)32(38(39)47)37(46)34(27)41(3)4/h7-14,21,27,31,34,43,46H,5-6,15-19H2,1-4H3,(H2,39,47). The SMILES string of the molecule is CCCN(CCC)Cc1ccc(-c2ccc(O)c3c2CC2CC4C(C(=O)C(C(N)=O)=C(O)C4N(C)C)C(N=O)=C2C3=O)c2ccccc12. The Kier molecular flexibility index (Phi) is 9.06. The summed E-state index contributed by atoms with van der Waals surface area (Å²) in [5.41, 5.74) is 8.46. The quantitative estimate of drug-likeness (QED) is 0.188. The van der Waals surface area contributed by atoms with E-state index in [4.69, 9.17) is 5.73 Å². The summed E-state index contributed by atoms with van der Waals surface area (Å²) in [5.74, 6) is -5.51. The number of fused-ring (bicyclic) bond motifs is 4. The topological polar surface area (TPSA) is 154 Å². The highest BCUT2D eigenvalue weighted by atomic mass is 16.3. The molecular formula is C38H42N4O6. The van der Waals surface area contributed by atoms with Gasteiger partial charge in [-0.15, -0.1) is 4.91 Å². The Morgan fingerprint density at radius 2 is 1.62 bits per heavy atom. The van der Waals surface area contributed by atoms with Crippen molar-refractivity contribution >= 4 is 28.2 Å². The van der Waals surface area contributed by atoms with Crippen LogP contribution in [0.4, 0.5) is 0 Å². The van der Waals surface area contributed by atoms with Gasteiger partial charge >= 0.3 is 0 Å². The fourth-order valence-electron chi connectivity index (χ4n) is 8.50. The molecule has 10 nitrogen and oxygen atoms in total. The van der Waals surface area contributed by atoms with Gasteiger partial charge < -0.3 is 15.9 Å². The molecule has 4 unspecified atom stereocenters. The Balaban J connectivity index is 1.50. The van der Waals surface area contributed by atoms with E-state index in [0.29, 0.717) is 12.0 Å². The number of phenols is 1. The van der Waals surface area contributed by atoms with Crippen molar-refractivity contribution in [1.82, 2.24) is 9.80 Å². The maximum absolute atomic E-state index is 14.4. The Morgan fingerprint density at radius 1 is 0.958 bits per heavy atom. The van der Waals surface area contributed by atoms with E-state index in [1.807, 2.05) is 18.2 Å². The number of nitrogens with zero attached hydrogens (tertiary/aromatic N) is 3. The average molecular weight is 651 g/mol. The van der Waals surface area contributed by atoms with E-state index in [1.165, 1.54) is 11.6 Å². The fraction of sp³-hybridized carbons (Fsp3) is 0.395. The molecule has 0 radical (unpaired) electrons. The smallest absolute Gasteiger partial charge is 0.255 e. The third-order valence-electron chi connectivity index (χ3n) is 10.3. The van der Waals surface area contributed by atoms with E-state index in [9.17, 15) is 29.5 Å². The van der Waals surface area contributed by atoms with Crippen LogP contribution in [0.3, 0.4) is 0 Å². The molecule has 1 amide bonds. The normalized spacial score (nSPS) is 22.3. The van der Waals surface area contributed by atoms with Crippen molar-refractivity contribution in [3.63, 3.8) is 0 Å². The van der Waals surface area contributed by atoms with E-state index in [2.05, 4.69) is 48.2 Å². The molecule has 3 aliphatic rings. The molecule has 0 aliphatic heterocycles. The number of ketones is 2. The first-order valence-electron chi connectivity index (χ1n) is 16.7. The van der Waals surface area contributed by atoms with Gasteiger partial charge in [0.2, 0.25) is 0 Å². The largest absolute Gasteiger partial charge is 0.510 e. The van der Waals surface area contributed by atoms with E-state index in [-0.39, 0.29) is 29.0 Å². The van der Waals surface area contributed by atoms with Crippen LogP contribution in [0.15, 0.2) is 76.3 Å². The molecule has 0 spiro atoms. The Labute approximate surface area is 279 Å². The first-order chi connectivity index (χ1) is 23.0. The van der Waals surface area contributed by atoms with Crippen LogP contribution in [0, 0.1) is 22.7 Å². The predicted molar refractivity (Wildman–Crippen MR) is 184 cm³/mol. The molecule has 0 saturated heterocycles. The highest BCUT2D eigenvalue weighted by Crippen LogP contribution is 2.52. The molecule has 0 saturated carbocycles. The number of nitrogens with two attached hydrogens (primary N) is 1. The number of carbonyl (C=O) groups is 3. The lowest BCUT2D eigenvalue weighted by atomic mass is 9.60. The molecule has 3 aromatic carbocycles. The predicted octanol–water partition coefficient (Wildman–Crippen LogP) is 5.66. The molecular weight excluding hydrogens is 608 g/mol. The number of benzene rings is 3. The lowest BCUT2D eigenvalue weighted by Crippen LogP contribution is -2.53. The number of aromatic hydroxyl groups is 1. The molecule has 0 bridgehead atoms. The molecule has 0 fully saturated rings. The van der Waals surface area contributed by atoms with E-state index < -0.39 is 52.6 Å². The molecule has 48 heavy (non-hydrogen) atoms. The van der Waals surface area contributed by atoms with Crippen LogP contribution in [-0.2, 0) is 22.6 Å². The minimum Gasteiger partial charge on any atom is -0.510 e. The highest BCUT2D eigenvalue weighted by molar-refractivity contribution is 6.22. The second kappa shape index (κ2) is 13.1. The molecule has 3 aliphatic carbocycles. The number of allylic oxidation sites excluding steroid dienone is 2. The Bertz CT molecular complexity index is 1900. The number of hydrogen-bond donors (Lipinski definition) is 3. The van der Waals surface area contributed by atoms with Crippen LogP contribution < -0.4 is 5.73 Å². The molecule has 0 heterocycles. The van der Waals surface area contributed by atoms with E-state index in [0.717, 1.165) is 54.4 Å². The summed E-state index contributed by atoms with van der Waals surface area (Å²) in [4.78, 5) is 57.0. The zero-order valence-electron chi connectivity index (χ0n) is 27.8. The highest BCUT2D eigenvalue weighted by Gasteiger charge is 2.54. The second-order valence-corrected chi connectivity index (χ2v) is 13.5. The third-order valence-corrected chi connectivity index (χ3v) is 10.3. The van der Waals surface area contributed by atoms with Gasteiger partial charge in [0, 0.05) is 12.1 Å². The summed E-state index contributed by atoms with van der Waals surface area (Å²) in [5, 5.41) is 27.6. The first-order valence-corrected chi connectivity index (χ1v) is 16.7. The number of rotatable bonds is 10. The maximum Gasteiger partial charge on any atom is 0.255 e. The van der Waals surface area contributed by atoms with Crippen LogP contribution in [0.2, 0.25) is 0 Å². The van der Waals surface area contributed by atoms with E-state index >= 15 is 0 Å². The molecule has 0 aromatic heterocycles. The molecule has 10 heteroatoms. The number of likely N-dealkylation sites (N-methyl/N-ethyl adjacent to an activating group) is 1. The van der Waals surface area contributed by atoms with Crippen molar-refractivity contribution < 1.29 is 24.6 Å². The zero-order valence-corrected chi connectivity index (χ0v) is 27.8. The van der Waals surface area contributed by atoms with Gasteiger partial charge in [0.1, 0.15) is 22.8 Å². The summed E-state index contributed by atoms with van der Waals surface area (Å²) in [7, 11) is 3.41. The van der Waals surface area contributed by atoms with Gasteiger partial charge in [-0.1, -0.05) is 56.3 Å². The number of aliphatic hydroxyl groups excluding tert-OH is 1. The van der Waals surface area contributed by atoms with Crippen LogP contribution in [0.25, 0.3) is 21.9 Å². The number of carbonyl (C=O) groups excluding carboxylic acids is 3. The first kappa shape index (κ1) is 33.2. The molecule has 3 aromatic rings. The maximum atomic E-state index is 14.4. The second-order valence-electron chi connectivity index (χ2n) is 13.5. The molecule has 6 rings (SSSR count). The Morgan fingerprint density at radius 3 is 2.25 bits per heavy atom. The van der Waals surface area contributed by atoms with Gasteiger partial charge in [-0.3, -0.25) is 24.2 Å². The Hall–Kier alpha value is -4.67. The van der Waals surface area contributed by atoms with Gasteiger partial charge in [-0.2, -0.15) is 0 Å². The van der Waals surface area contributed by atoms with Crippen molar-refractivity contribution in [2.75, 3.05) is 27.2 Å². The number of amides is 1. The number of hydrogen-bond acceptors (Lipinski definition) is 9. The van der Waals surface area contributed by atoms with Crippen molar-refractivity contribution in [2.24, 2.45) is 28.7 Å². The van der Waals surface area contributed by atoms with Crippen molar-refractivity contribution in [1.29, 1.82) is 0 Å². The van der Waals surface area contributed by atoms with Gasteiger partial charge in [0.25, 0.3) is 5.91 Å². The number of Topliss-reactive ketones (excluding diaryl/α,β-unsaturated/α-hetero) is 2. The van der Waals surface area contributed by atoms with Crippen LogP contribution in [0.1, 0.15) is 54.6 Å². The fourth-order valence-corrected chi connectivity index (χ4v) is 8.50. The number of primary amides is 1. The third kappa shape index (κ3) is 5.33. The molecule has 250 valence electrons. The minimum absolute atomic E-state index is 0.0782. The summed E-state index contributed by atoms with van der Waals surface area (Å²) in [6.45, 7) is 7.20. The van der Waals surface area contributed by atoms with Crippen LogP contribution in [0.5, 0.6) is 5.75 Å². The summed E-state index contributed by atoms with van der Waals surface area (Å²) >= 11 is 0. The number of aliphatic hydroxyl groups is 1. The number of phenolic OH excluding ortho intramolecular Hbond substituents is 1. The average Bonchev–Trinajstić information content (AvgIpc) is 3.04. The van der Waals surface area contributed by atoms with Crippen molar-refractivity contribution in [3.8, 4) is 16.9 Å². The zero-order chi connectivity index (χ0) is 34.4. The van der Waals surface area contributed by atoms with E-state index in [1.54, 1.807) is 19.0 Å². The van der Waals surface area contributed by atoms with Gasteiger partial charge in [-0.05, 0) is 109 Å². The summed E-state index contributed by atoms with van der Waals surface area (Å²) in [6, 6.07) is 15.0. The van der Waals surface area contributed by atoms with Gasteiger partial charge in [0.05, 0.1) is 17.5 Å². The van der Waals surface area contributed by atoms with Crippen LogP contribution in [-0.4, -0.2) is 70.7 Å². The van der Waals surface area contributed by atoms with Crippen molar-refractivity contribution in [3.05, 3.63) is 92.7 Å². The minimum atomic E-state index is -1.23. The van der Waals surface area contributed by atoms with Gasteiger partial charge in [0.15, 0.2) is 11.6 Å². The summed E-state index contributed by atoms with van der Waals surface area (Å²) in [6.07, 6.45) is 2.71. The lowest BCUT2D eigenvalue weighted by Gasteiger charge is -2.46. The molecule has 4 atom stereocenters. The van der Waals surface area contributed by atoms with Gasteiger partial charge in [-0.25, -0.2) is 0 Å².